The molecule has 1 aliphatic heterocycles. The monoisotopic (exact) mass is 631 g/mol. The maximum atomic E-state index is 13.8. The number of carbonyl (C=O) groups excluding carboxylic acids is 2. The second kappa shape index (κ2) is 10.5. The van der Waals surface area contributed by atoms with E-state index >= 15 is 0 Å². The van der Waals surface area contributed by atoms with Crippen LogP contribution in [0.15, 0.2) is 30.3 Å². The molecule has 242 valence electrons. The zero-order valence-electron chi connectivity index (χ0n) is 26.3. The van der Waals surface area contributed by atoms with E-state index in [2.05, 4.69) is 16.0 Å². The van der Waals surface area contributed by atoms with Crippen LogP contribution in [0, 0.1) is 17.8 Å². The first-order chi connectivity index (χ1) is 22.0. The molecule has 2 bridgehead atoms. The van der Waals surface area contributed by atoms with Crippen LogP contribution in [0.5, 0.6) is 5.75 Å². The summed E-state index contributed by atoms with van der Waals surface area (Å²) in [6.45, 7) is 3.08. The lowest BCUT2D eigenvalue weighted by molar-refractivity contribution is -0.125. The molecule has 4 aliphatic rings. The van der Waals surface area contributed by atoms with E-state index in [0.717, 1.165) is 60.9 Å². The topological polar surface area (TPSA) is 120 Å². The fourth-order valence-corrected chi connectivity index (χ4v) is 7.62. The van der Waals surface area contributed by atoms with Gasteiger partial charge in [0.25, 0.3) is 11.8 Å². The summed E-state index contributed by atoms with van der Waals surface area (Å²) in [5, 5.41) is 3.63. The fourth-order valence-electron chi connectivity index (χ4n) is 7.62. The molecule has 0 radical (unpaired) electrons. The van der Waals surface area contributed by atoms with Crippen molar-refractivity contribution in [3.05, 3.63) is 41.6 Å². The number of carbonyl (C=O) groups is 2. The number of aromatic nitrogens is 4. The van der Waals surface area contributed by atoms with Crippen molar-refractivity contribution in [1.29, 1.82) is 0 Å². The van der Waals surface area contributed by atoms with Crippen LogP contribution in [0.4, 0.5) is 8.78 Å². The summed E-state index contributed by atoms with van der Waals surface area (Å²) < 4.78 is 37.0. The number of likely N-dealkylation sites (tertiary alicyclic amines) is 1. The Morgan fingerprint density at radius 1 is 1.15 bits per heavy atom. The van der Waals surface area contributed by atoms with E-state index in [4.69, 9.17) is 20.4 Å². The Hall–Kier alpha value is -4.06. The van der Waals surface area contributed by atoms with Gasteiger partial charge in [-0.15, -0.1) is 0 Å². The number of halogens is 2. The minimum absolute atomic E-state index is 0.000468. The highest BCUT2D eigenvalue weighted by Gasteiger charge is 2.61. The van der Waals surface area contributed by atoms with Gasteiger partial charge in [-0.1, -0.05) is 0 Å². The first-order valence-corrected chi connectivity index (χ1v) is 16.3. The van der Waals surface area contributed by atoms with E-state index in [0.29, 0.717) is 46.7 Å². The molecule has 4 aromatic rings. The Kier molecular flexibility index (Phi) is 6.69. The number of methoxy groups -OCH3 is 1. The number of nitrogens with zero attached hydrogens (tertiary/aromatic N) is 5. The van der Waals surface area contributed by atoms with E-state index in [1.54, 1.807) is 14.0 Å². The van der Waals surface area contributed by atoms with Crippen LogP contribution in [0.2, 0.25) is 0 Å². The predicted molar refractivity (Wildman–Crippen MR) is 168 cm³/mol. The average Bonchev–Trinajstić information content (AvgIpc) is 3.83. The Labute approximate surface area is 265 Å². The van der Waals surface area contributed by atoms with Crippen LogP contribution in [0.25, 0.3) is 33.6 Å². The van der Waals surface area contributed by atoms with Crippen molar-refractivity contribution in [2.45, 2.75) is 76.0 Å². The van der Waals surface area contributed by atoms with Crippen LogP contribution >= 0.6 is 0 Å². The number of amides is 2. The van der Waals surface area contributed by atoms with Gasteiger partial charge >= 0.3 is 0 Å². The van der Waals surface area contributed by atoms with Gasteiger partial charge in [0.1, 0.15) is 22.8 Å². The number of imidazole rings is 1. The zero-order valence-corrected chi connectivity index (χ0v) is 26.3. The lowest BCUT2D eigenvalue weighted by Gasteiger charge is -2.37. The number of benzene rings is 1. The summed E-state index contributed by atoms with van der Waals surface area (Å²) in [5.41, 5.74) is 10.7. The van der Waals surface area contributed by atoms with E-state index in [9.17, 15) is 18.4 Å². The molecular weight excluding hydrogens is 592 g/mol. The molecule has 2 amide bonds. The molecule has 1 aromatic carbocycles. The molecule has 3 saturated carbocycles. The molecule has 4 fully saturated rings. The quantitative estimate of drug-likeness (QED) is 0.289. The van der Waals surface area contributed by atoms with Gasteiger partial charge in [-0.3, -0.25) is 9.59 Å². The van der Waals surface area contributed by atoms with Gasteiger partial charge in [0, 0.05) is 49.6 Å². The molecule has 1 saturated heterocycles. The number of aryl methyl sites for hydroxylation is 1. The molecule has 5 atom stereocenters. The van der Waals surface area contributed by atoms with E-state index in [-0.39, 0.29) is 18.0 Å². The number of fused-ring (bicyclic) bond motifs is 4. The van der Waals surface area contributed by atoms with Crippen molar-refractivity contribution >= 4 is 33.9 Å². The van der Waals surface area contributed by atoms with Gasteiger partial charge in [-0.05, 0) is 81.2 Å². The molecule has 3 aliphatic carbocycles. The molecule has 4 heterocycles. The molecular formula is C34H39F2N7O3. The van der Waals surface area contributed by atoms with Gasteiger partial charge < -0.3 is 29.8 Å². The largest absolute Gasteiger partial charge is 0.494 e. The van der Waals surface area contributed by atoms with Crippen molar-refractivity contribution in [2.24, 2.45) is 30.5 Å². The number of hydrogen-bond acceptors (Lipinski definition) is 6. The molecule has 12 heteroatoms. The van der Waals surface area contributed by atoms with Crippen molar-refractivity contribution < 1.29 is 23.1 Å². The van der Waals surface area contributed by atoms with Crippen molar-refractivity contribution in [2.75, 3.05) is 13.7 Å². The molecule has 10 nitrogen and oxygen atoms in total. The summed E-state index contributed by atoms with van der Waals surface area (Å²) in [6, 6.07) is 9.21. The standard InChI is InChI=1S/C34H39F2N7O3/c1-17(38-32(44)23-14-34(23,35)36)25-9-7-20-12-27(43(30(20)39-25)15-18-4-5-18)31-40-26-11-21(13-28(46-3)29(26)41(31)2)33(45)42-16-24(37)19-6-8-22(42)10-19/h7,9,11-13,17-19,22-24H,4-6,8,10,14-16,37H2,1-3H3,(H,38,44)/t17-,19-,22+,23-,24+/m1/s1. The van der Waals surface area contributed by atoms with Crippen LogP contribution in [0.1, 0.15) is 67.5 Å². The minimum Gasteiger partial charge on any atom is -0.494 e. The lowest BCUT2D eigenvalue weighted by atomic mass is 9.94. The summed E-state index contributed by atoms with van der Waals surface area (Å²) >= 11 is 0. The highest BCUT2D eigenvalue weighted by Crippen LogP contribution is 2.49. The Morgan fingerprint density at radius 3 is 2.65 bits per heavy atom. The van der Waals surface area contributed by atoms with Gasteiger partial charge in [-0.2, -0.15) is 0 Å². The van der Waals surface area contributed by atoms with Gasteiger partial charge in [0.05, 0.1) is 30.1 Å². The fraction of sp³-hybridized carbons (Fsp3) is 0.529. The molecule has 46 heavy (non-hydrogen) atoms. The van der Waals surface area contributed by atoms with Gasteiger partial charge in [0.2, 0.25) is 5.91 Å². The Bertz CT molecular complexity index is 1900. The van der Waals surface area contributed by atoms with Crippen molar-refractivity contribution in [3.63, 3.8) is 0 Å². The third-order valence-electron chi connectivity index (χ3n) is 10.6. The zero-order chi connectivity index (χ0) is 32.1. The smallest absolute Gasteiger partial charge is 0.260 e. The molecule has 3 N–H and O–H groups in total. The summed E-state index contributed by atoms with van der Waals surface area (Å²) in [7, 11) is 3.55. The number of ether oxygens (including phenoxy) is 1. The van der Waals surface area contributed by atoms with Crippen molar-refractivity contribution in [3.8, 4) is 17.3 Å². The summed E-state index contributed by atoms with van der Waals surface area (Å²) in [4.78, 5) is 38.2. The first-order valence-electron chi connectivity index (χ1n) is 16.3. The van der Waals surface area contributed by atoms with Crippen LogP contribution in [-0.2, 0) is 18.4 Å². The molecule has 3 aromatic heterocycles. The lowest BCUT2D eigenvalue weighted by Crippen LogP contribution is -2.51. The normalized spacial score (nSPS) is 25.7. The minimum atomic E-state index is -2.92. The van der Waals surface area contributed by atoms with Gasteiger partial charge in [0.15, 0.2) is 5.82 Å². The average molecular weight is 632 g/mol. The summed E-state index contributed by atoms with van der Waals surface area (Å²) in [6.07, 6.45) is 4.87. The van der Waals surface area contributed by atoms with Crippen LogP contribution in [-0.4, -0.2) is 67.5 Å². The maximum absolute atomic E-state index is 13.8. The molecule has 0 spiro atoms. The van der Waals surface area contributed by atoms with Gasteiger partial charge in [-0.25, -0.2) is 18.7 Å². The first kappa shape index (κ1) is 29.3. The Balaban J connectivity index is 1.16. The number of nitrogens with two attached hydrogens (primary N) is 1. The van der Waals surface area contributed by atoms with Crippen LogP contribution in [0.3, 0.4) is 0 Å². The number of alkyl halides is 2. The highest BCUT2D eigenvalue weighted by atomic mass is 19.3. The van der Waals surface area contributed by atoms with E-state index in [1.807, 2.05) is 40.8 Å². The second-order valence-electron chi connectivity index (χ2n) is 13.9. The number of piperidine rings is 1. The third kappa shape index (κ3) is 4.83. The molecule has 0 unspecified atom stereocenters. The summed E-state index contributed by atoms with van der Waals surface area (Å²) in [5.74, 6) is -2.56. The van der Waals surface area contributed by atoms with Crippen LogP contribution < -0.4 is 15.8 Å². The number of rotatable bonds is 8. The molecule has 8 rings (SSSR count). The number of hydrogen-bond donors (Lipinski definition) is 2. The van der Waals surface area contributed by atoms with Crippen molar-refractivity contribution in [1.82, 2.24) is 29.3 Å². The highest BCUT2D eigenvalue weighted by molar-refractivity contribution is 6.00. The number of pyridine rings is 1. The van der Waals surface area contributed by atoms with E-state index < -0.39 is 30.2 Å². The second-order valence-corrected chi connectivity index (χ2v) is 13.9. The SMILES string of the molecule is COc1cc(C(=O)N2C[C@H](N)[C@@H]3CC[C@H]2C3)cc2nc(-c3cc4ccc([C@@H](C)NC(=O)[C@H]5CC5(F)F)nc4n3CC3CC3)n(C)c12. The maximum Gasteiger partial charge on any atom is 0.260 e. The third-order valence-corrected chi connectivity index (χ3v) is 10.6. The van der Waals surface area contributed by atoms with E-state index in [1.165, 1.54) is 0 Å². The predicted octanol–water partition coefficient (Wildman–Crippen LogP) is 4.79. The Morgan fingerprint density at radius 2 is 1.93 bits per heavy atom. The number of nitrogens with one attached hydrogen (secondary N) is 1.